The summed E-state index contributed by atoms with van der Waals surface area (Å²) in [5.74, 6) is -0.183. The molecule has 388 valence electrons. The first kappa shape index (κ1) is 62.4. The van der Waals surface area contributed by atoms with Crippen LogP contribution in [-0.4, -0.2) is 87.5 Å². The van der Waals surface area contributed by atoms with Gasteiger partial charge >= 0.3 is 0 Å². The van der Waals surface area contributed by atoms with Gasteiger partial charge in [-0.2, -0.15) is 0 Å². The molecule has 0 spiro atoms. The number of carbonyl (C=O) groups excluding carboxylic acids is 1. The van der Waals surface area contributed by atoms with E-state index >= 15 is 0 Å². The van der Waals surface area contributed by atoms with Crippen molar-refractivity contribution in [2.75, 3.05) is 13.2 Å². The quantitative estimate of drug-likeness (QED) is 0.0261. The monoisotopic (exact) mass is 934 g/mol. The van der Waals surface area contributed by atoms with Crippen LogP contribution in [-0.2, 0) is 14.3 Å². The van der Waals surface area contributed by atoms with E-state index in [2.05, 4.69) is 43.5 Å². The van der Waals surface area contributed by atoms with Crippen molar-refractivity contribution in [3.8, 4) is 0 Å². The smallest absolute Gasteiger partial charge is 0.220 e. The minimum atomic E-state index is -1.57. The third-order valence-electron chi connectivity index (χ3n) is 13.5. The molecule has 1 heterocycles. The molecule has 7 atom stereocenters. The van der Waals surface area contributed by atoms with E-state index in [-0.39, 0.29) is 12.5 Å². The van der Waals surface area contributed by atoms with Crippen molar-refractivity contribution < 1.29 is 39.8 Å². The van der Waals surface area contributed by atoms with Gasteiger partial charge in [-0.3, -0.25) is 4.79 Å². The van der Waals surface area contributed by atoms with Crippen molar-refractivity contribution in [2.45, 2.75) is 307 Å². The van der Waals surface area contributed by atoms with Crippen LogP contribution in [0.5, 0.6) is 0 Å². The van der Waals surface area contributed by atoms with Crippen molar-refractivity contribution in [3.63, 3.8) is 0 Å². The molecule has 0 aliphatic carbocycles. The van der Waals surface area contributed by atoms with Gasteiger partial charge in [0.2, 0.25) is 5.91 Å². The predicted octanol–water partition coefficient (Wildman–Crippen LogP) is 13.6. The van der Waals surface area contributed by atoms with Crippen molar-refractivity contribution in [3.05, 3.63) is 36.5 Å². The standard InChI is InChI=1S/C57H107NO8/c1-3-5-7-9-11-13-15-17-19-21-23-24-25-26-27-28-29-30-32-34-36-38-40-42-44-46-51(60)50(49-65-57-56(64)55(63)54(62)52(48-59)66-57)58-53(61)47-45-43-41-39-37-35-33-31-22-20-18-16-14-12-10-8-6-4-2/h14,16,20,22,44,46,50-52,54-57,59-60,62-64H,3-13,15,17-19,21,23-43,45,47-49H2,1-2H3,(H,58,61)/b16-14-,22-20-,46-44+. The summed E-state index contributed by atoms with van der Waals surface area (Å²) in [5.41, 5.74) is 0. The van der Waals surface area contributed by atoms with Crippen molar-refractivity contribution in [1.29, 1.82) is 0 Å². The predicted molar refractivity (Wildman–Crippen MR) is 276 cm³/mol. The molecule has 1 fully saturated rings. The van der Waals surface area contributed by atoms with Crippen molar-refractivity contribution in [1.82, 2.24) is 5.32 Å². The number of rotatable bonds is 48. The van der Waals surface area contributed by atoms with Gasteiger partial charge in [0.15, 0.2) is 6.29 Å². The van der Waals surface area contributed by atoms with Crippen molar-refractivity contribution in [2.24, 2.45) is 0 Å². The van der Waals surface area contributed by atoms with Gasteiger partial charge in [-0.25, -0.2) is 0 Å². The molecular formula is C57H107NO8. The van der Waals surface area contributed by atoms with Gasteiger partial charge in [-0.1, -0.05) is 243 Å². The molecule has 0 bridgehead atoms. The Hall–Kier alpha value is -1.59. The maximum absolute atomic E-state index is 13.0. The fraction of sp³-hybridized carbons (Fsp3) is 0.877. The molecule has 1 amide bonds. The summed E-state index contributed by atoms with van der Waals surface area (Å²) >= 11 is 0. The Kier molecular flexibility index (Phi) is 44.6. The summed E-state index contributed by atoms with van der Waals surface area (Å²) in [6.07, 6.45) is 53.4. The second-order valence-electron chi connectivity index (χ2n) is 19.7. The second kappa shape index (κ2) is 47.1. The Morgan fingerprint density at radius 3 is 1.32 bits per heavy atom. The molecule has 1 aliphatic heterocycles. The van der Waals surface area contributed by atoms with Crippen LogP contribution in [0.4, 0.5) is 0 Å². The summed E-state index contributed by atoms with van der Waals surface area (Å²) in [6, 6.07) is -0.809. The minimum Gasteiger partial charge on any atom is -0.394 e. The molecule has 66 heavy (non-hydrogen) atoms. The molecule has 0 radical (unpaired) electrons. The fourth-order valence-electron chi connectivity index (χ4n) is 8.95. The lowest BCUT2D eigenvalue weighted by Gasteiger charge is -2.40. The lowest BCUT2D eigenvalue weighted by Crippen LogP contribution is -2.60. The summed E-state index contributed by atoms with van der Waals surface area (Å²) in [4.78, 5) is 13.0. The number of amides is 1. The summed E-state index contributed by atoms with van der Waals surface area (Å²) in [6.45, 7) is 3.78. The fourth-order valence-corrected chi connectivity index (χ4v) is 8.95. The first-order chi connectivity index (χ1) is 32.3. The van der Waals surface area contributed by atoms with E-state index in [1.54, 1.807) is 6.08 Å². The van der Waals surface area contributed by atoms with Gasteiger partial charge in [-0.05, 0) is 51.4 Å². The van der Waals surface area contributed by atoms with E-state index in [0.29, 0.717) is 6.42 Å². The van der Waals surface area contributed by atoms with Gasteiger partial charge in [-0.15, -0.1) is 0 Å². The summed E-state index contributed by atoms with van der Waals surface area (Å²) < 4.78 is 11.3. The van der Waals surface area contributed by atoms with Gasteiger partial charge in [0.05, 0.1) is 25.4 Å². The zero-order chi connectivity index (χ0) is 48.0. The molecule has 9 nitrogen and oxygen atoms in total. The number of carbonyl (C=O) groups is 1. The molecule has 7 unspecified atom stereocenters. The highest BCUT2D eigenvalue weighted by Crippen LogP contribution is 2.23. The molecule has 1 saturated heterocycles. The van der Waals surface area contributed by atoms with E-state index in [1.165, 1.54) is 186 Å². The first-order valence-electron chi connectivity index (χ1n) is 28.2. The number of allylic oxidation sites excluding steroid dienone is 5. The average Bonchev–Trinajstić information content (AvgIpc) is 3.32. The Morgan fingerprint density at radius 1 is 0.515 bits per heavy atom. The highest BCUT2D eigenvalue weighted by molar-refractivity contribution is 5.76. The number of hydrogen-bond donors (Lipinski definition) is 6. The lowest BCUT2D eigenvalue weighted by molar-refractivity contribution is -0.302. The number of hydrogen-bond acceptors (Lipinski definition) is 8. The summed E-state index contributed by atoms with van der Waals surface area (Å²) in [5, 5.41) is 54.5. The molecule has 0 aromatic rings. The molecule has 1 rings (SSSR count). The molecular weight excluding hydrogens is 827 g/mol. The van der Waals surface area contributed by atoms with Crippen LogP contribution in [0.15, 0.2) is 36.5 Å². The Bertz CT molecular complexity index is 1130. The topological polar surface area (TPSA) is 149 Å². The van der Waals surface area contributed by atoms with Gasteiger partial charge in [0.1, 0.15) is 24.4 Å². The highest BCUT2D eigenvalue weighted by atomic mass is 16.7. The largest absolute Gasteiger partial charge is 0.394 e. The van der Waals surface area contributed by atoms with E-state index in [9.17, 15) is 30.3 Å². The zero-order valence-electron chi connectivity index (χ0n) is 43.0. The van der Waals surface area contributed by atoms with E-state index in [1.807, 2.05) is 6.08 Å². The van der Waals surface area contributed by atoms with Crippen LogP contribution in [0.1, 0.15) is 264 Å². The molecule has 9 heteroatoms. The van der Waals surface area contributed by atoms with Crippen LogP contribution in [0.2, 0.25) is 0 Å². The summed E-state index contributed by atoms with van der Waals surface area (Å²) in [7, 11) is 0. The lowest BCUT2D eigenvalue weighted by atomic mass is 9.99. The second-order valence-corrected chi connectivity index (χ2v) is 19.7. The maximum Gasteiger partial charge on any atom is 0.220 e. The molecule has 0 saturated carbocycles. The Balaban J connectivity index is 2.24. The van der Waals surface area contributed by atoms with E-state index < -0.39 is 49.5 Å². The SMILES string of the molecule is CCCCCC/C=C\C/C=C\CCCCCCCCCC(=O)NC(COC1OC(CO)C(O)C(O)C1O)C(O)/C=C/CCCCCCCCCCCCCCCCCCCCCCCCC. The molecule has 1 aliphatic rings. The van der Waals surface area contributed by atoms with Gasteiger partial charge < -0.3 is 40.3 Å². The van der Waals surface area contributed by atoms with Crippen LogP contribution in [0.25, 0.3) is 0 Å². The van der Waals surface area contributed by atoms with Crippen molar-refractivity contribution >= 4 is 5.91 Å². The van der Waals surface area contributed by atoms with Gasteiger partial charge in [0, 0.05) is 6.42 Å². The number of nitrogens with one attached hydrogen (secondary N) is 1. The van der Waals surface area contributed by atoms with Crippen LogP contribution >= 0.6 is 0 Å². The molecule has 6 N–H and O–H groups in total. The molecule has 0 aromatic carbocycles. The number of ether oxygens (including phenoxy) is 2. The third-order valence-corrected chi connectivity index (χ3v) is 13.5. The minimum absolute atomic E-state index is 0.183. The normalized spacial score (nSPS) is 20.0. The van der Waals surface area contributed by atoms with Crippen LogP contribution in [0, 0.1) is 0 Å². The Morgan fingerprint density at radius 2 is 0.894 bits per heavy atom. The van der Waals surface area contributed by atoms with E-state index in [4.69, 9.17) is 9.47 Å². The Labute approximate surface area is 406 Å². The molecule has 0 aromatic heterocycles. The average molecular weight is 934 g/mol. The highest BCUT2D eigenvalue weighted by Gasteiger charge is 2.44. The zero-order valence-corrected chi connectivity index (χ0v) is 43.0. The van der Waals surface area contributed by atoms with Gasteiger partial charge in [0.25, 0.3) is 0 Å². The third kappa shape index (κ3) is 36.4. The number of aliphatic hydroxyl groups is 5. The van der Waals surface area contributed by atoms with Crippen LogP contribution < -0.4 is 5.32 Å². The number of unbranched alkanes of at least 4 members (excludes halogenated alkanes) is 34. The maximum atomic E-state index is 13.0. The van der Waals surface area contributed by atoms with E-state index in [0.717, 1.165) is 57.8 Å². The van der Waals surface area contributed by atoms with Crippen LogP contribution in [0.3, 0.4) is 0 Å². The number of aliphatic hydroxyl groups excluding tert-OH is 5. The first-order valence-corrected chi connectivity index (χ1v) is 28.2.